The van der Waals surface area contributed by atoms with Crippen molar-refractivity contribution in [2.24, 2.45) is 0 Å². The molecule has 0 aromatic rings. The van der Waals surface area contributed by atoms with Crippen molar-refractivity contribution in [3.8, 4) is 0 Å². The summed E-state index contributed by atoms with van der Waals surface area (Å²) in [6.45, 7) is 0. The van der Waals surface area contributed by atoms with Gasteiger partial charge in [-0.1, -0.05) is 0 Å². The molecule has 0 N–H and O–H groups in total. The van der Waals surface area contributed by atoms with Crippen molar-refractivity contribution in [1.82, 2.24) is 0 Å². The molecule has 5 heavy (non-hydrogen) atoms. The topological polar surface area (TPSA) is 0 Å². The minimum atomic E-state index is 0. The first-order valence-electron chi connectivity index (χ1n) is 0. The van der Waals surface area contributed by atoms with Gasteiger partial charge in [0.2, 0.25) is 0 Å². The van der Waals surface area contributed by atoms with Crippen molar-refractivity contribution in [2.75, 3.05) is 0 Å². The van der Waals surface area contributed by atoms with E-state index in [-0.39, 0.29) is 60.6 Å². The first-order valence-corrected chi connectivity index (χ1v) is 0. The fourth-order valence-electron chi connectivity index (χ4n) is 0. The third kappa shape index (κ3) is 40.6. The van der Waals surface area contributed by atoms with Gasteiger partial charge in [-0.15, -0.1) is 0 Å². The van der Waals surface area contributed by atoms with Crippen molar-refractivity contribution in [3.63, 3.8) is 0 Å². The fraction of sp³-hybridized carbons (Fsp3) is 0. The molecule has 0 amide bonds. The predicted molar refractivity (Wildman–Crippen MR) is 0 cm³/mol. The van der Waals surface area contributed by atoms with Gasteiger partial charge < -0.3 is 18.8 Å². The van der Waals surface area contributed by atoms with Gasteiger partial charge in [-0.2, -0.15) is 0 Å². The van der Waals surface area contributed by atoms with Crippen LogP contribution < -0.4 is 18.8 Å². The predicted octanol–water partition coefficient (Wildman–Crippen LogP) is -12.0. The van der Waals surface area contributed by atoms with E-state index in [0.717, 1.165) is 0 Å². The fourth-order valence-corrected chi connectivity index (χ4v) is 0. The summed E-state index contributed by atoms with van der Waals surface area (Å²) in [5.41, 5.74) is 0. The molecule has 0 rings (SSSR count). The molecule has 0 saturated heterocycles. The van der Waals surface area contributed by atoms with Gasteiger partial charge in [0.05, 0.1) is 0 Å². The molecule has 0 atom stereocenters. The molecule has 0 aromatic carbocycles. The zero-order valence-corrected chi connectivity index (χ0v) is 5.15. The second-order valence-corrected chi connectivity index (χ2v) is 0. The number of hydrogen-bond acceptors (Lipinski definition) is 0. The molecule has 0 aromatic heterocycles. The van der Waals surface area contributed by atoms with E-state index in [1.54, 1.807) is 0 Å². The average molecular weight is 216 g/mol. The van der Waals surface area contributed by atoms with Crippen molar-refractivity contribution in [2.45, 2.75) is 0 Å². The molecule has 0 saturated carbocycles. The van der Waals surface area contributed by atoms with Crippen LogP contribution >= 0.6 is 0 Å². The van der Waals surface area contributed by atoms with Gasteiger partial charge in [0, 0.05) is 0 Å². The standard InChI is InChI=1S/Ce.4FH/h;4*1H/q+3;;;;/p-4. The van der Waals surface area contributed by atoms with Crippen molar-refractivity contribution < 1.29 is 60.6 Å². The largest absolute Gasteiger partial charge is 3.00 e. The molecule has 0 fully saturated rings. The summed E-state index contributed by atoms with van der Waals surface area (Å²) >= 11 is 0. The minimum Gasteiger partial charge on any atom is -1.00 e. The maximum Gasteiger partial charge on any atom is 3.00 e. The Bertz CT molecular complexity index is 3.61. The maximum atomic E-state index is 0. The van der Waals surface area contributed by atoms with E-state index in [9.17, 15) is 0 Å². The molecule has 1 radical (unpaired) electrons. The average Bonchev–Trinajstić information content (AvgIpc) is 0. The molecular formula is CeF4-. The third-order valence-electron chi connectivity index (χ3n) is 0. The quantitative estimate of drug-likeness (QED) is 0.353. The second-order valence-electron chi connectivity index (χ2n) is 0. The van der Waals surface area contributed by atoms with Gasteiger partial charge in [0.15, 0.2) is 0 Å². The summed E-state index contributed by atoms with van der Waals surface area (Å²) in [6, 6.07) is 0. The van der Waals surface area contributed by atoms with E-state index < -0.39 is 0 Å². The molecule has 0 heterocycles. The summed E-state index contributed by atoms with van der Waals surface area (Å²) in [5, 5.41) is 0. The molecule has 0 unspecified atom stereocenters. The van der Waals surface area contributed by atoms with Crippen LogP contribution in [0.1, 0.15) is 0 Å². The van der Waals surface area contributed by atoms with Crippen molar-refractivity contribution in [1.29, 1.82) is 0 Å². The molecule has 0 aliphatic heterocycles. The SMILES string of the molecule is [Ce+3].[F-].[F-].[F-].[F-]. The first-order chi connectivity index (χ1) is 0. The van der Waals surface area contributed by atoms with Crippen LogP contribution in [-0.4, -0.2) is 0 Å². The van der Waals surface area contributed by atoms with E-state index in [0.29, 0.717) is 0 Å². The van der Waals surface area contributed by atoms with Crippen LogP contribution in [0.3, 0.4) is 0 Å². The number of halogens is 4. The van der Waals surface area contributed by atoms with Crippen LogP contribution in [-0.2, 0) is 0 Å². The number of hydrogen-bond donors (Lipinski definition) is 0. The number of rotatable bonds is 0. The van der Waals surface area contributed by atoms with Gasteiger partial charge in [-0.05, 0) is 0 Å². The van der Waals surface area contributed by atoms with Crippen LogP contribution in [0.5, 0.6) is 0 Å². The smallest absolute Gasteiger partial charge is 1.00 e. The Hall–Kier alpha value is 1.10. The molecule has 0 aliphatic rings. The van der Waals surface area contributed by atoms with Crippen LogP contribution in [0.2, 0.25) is 0 Å². The molecule has 0 bridgehead atoms. The summed E-state index contributed by atoms with van der Waals surface area (Å²) in [4.78, 5) is 0. The van der Waals surface area contributed by atoms with E-state index in [2.05, 4.69) is 0 Å². The van der Waals surface area contributed by atoms with Gasteiger partial charge in [-0.25, -0.2) is 0 Å². The van der Waals surface area contributed by atoms with Gasteiger partial charge >= 0.3 is 41.7 Å². The summed E-state index contributed by atoms with van der Waals surface area (Å²) in [6.07, 6.45) is 0. The summed E-state index contributed by atoms with van der Waals surface area (Å²) < 4.78 is 0. The monoisotopic (exact) mass is 216 g/mol. The van der Waals surface area contributed by atoms with Crippen LogP contribution in [0, 0.1) is 41.7 Å². The van der Waals surface area contributed by atoms with E-state index in [1.165, 1.54) is 0 Å². The zero-order valence-electron chi connectivity index (χ0n) is 2.01. The van der Waals surface area contributed by atoms with Crippen LogP contribution in [0.15, 0.2) is 0 Å². The minimum absolute atomic E-state index is 0. The van der Waals surface area contributed by atoms with E-state index in [1.807, 2.05) is 0 Å². The van der Waals surface area contributed by atoms with Gasteiger partial charge in [0.25, 0.3) is 0 Å². The summed E-state index contributed by atoms with van der Waals surface area (Å²) in [7, 11) is 0. The normalized spacial score (nSPS) is 0. The Morgan fingerprint density at radius 3 is 0.400 bits per heavy atom. The molecule has 0 spiro atoms. The first kappa shape index (κ1) is 132. The Kier molecular flexibility index (Phi) is 1870. The second kappa shape index (κ2) is 71.1. The van der Waals surface area contributed by atoms with Gasteiger partial charge in [-0.3, -0.25) is 0 Å². The maximum absolute atomic E-state index is 0. The van der Waals surface area contributed by atoms with Gasteiger partial charge in [0.1, 0.15) is 0 Å². The van der Waals surface area contributed by atoms with Crippen molar-refractivity contribution >= 4 is 0 Å². The Labute approximate surface area is 60.2 Å². The Morgan fingerprint density at radius 2 is 0.400 bits per heavy atom. The Balaban J connectivity index is 0. The molecule has 5 heteroatoms. The zero-order chi connectivity index (χ0) is 0. The third-order valence-corrected chi connectivity index (χ3v) is 0. The molecule has 0 nitrogen and oxygen atoms in total. The Morgan fingerprint density at radius 1 is 0.400 bits per heavy atom. The van der Waals surface area contributed by atoms with E-state index >= 15 is 0 Å². The molecular weight excluding hydrogens is 216 g/mol. The van der Waals surface area contributed by atoms with Crippen LogP contribution in [0.25, 0.3) is 0 Å². The van der Waals surface area contributed by atoms with Crippen molar-refractivity contribution in [3.05, 3.63) is 0 Å². The van der Waals surface area contributed by atoms with Crippen LogP contribution in [0.4, 0.5) is 0 Å². The molecule has 0 aliphatic carbocycles. The molecule has 33 valence electrons. The van der Waals surface area contributed by atoms with E-state index in [4.69, 9.17) is 0 Å². The summed E-state index contributed by atoms with van der Waals surface area (Å²) in [5.74, 6) is 0.